The molecule has 6 heteroatoms. The van der Waals surface area contributed by atoms with Gasteiger partial charge in [-0.15, -0.1) is 24.8 Å². The van der Waals surface area contributed by atoms with Crippen molar-refractivity contribution in [1.82, 2.24) is 15.2 Å². The highest BCUT2D eigenvalue weighted by atomic mass is 35.5. The summed E-state index contributed by atoms with van der Waals surface area (Å²) in [4.78, 5) is 6.79. The Labute approximate surface area is 145 Å². The van der Waals surface area contributed by atoms with Gasteiger partial charge in [0, 0.05) is 24.5 Å². The van der Waals surface area contributed by atoms with E-state index in [4.69, 9.17) is 4.74 Å². The van der Waals surface area contributed by atoms with Gasteiger partial charge in [-0.25, -0.2) is 0 Å². The summed E-state index contributed by atoms with van der Waals surface area (Å²) in [6.45, 7) is 6.43. The normalized spacial score (nSPS) is 20.9. The monoisotopic (exact) mass is 347 g/mol. The summed E-state index contributed by atoms with van der Waals surface area (Å²) in [5, 5.41) is 3.43. The Morgan fingerprint density at radius 3 is 2.55 bits per heavy atom. The quantitative estimate of drug-likeness (QED) is 0.888. The van der Waals surface area contributed by atoms with Crippen molar-refractivity contribution < 1.29 is 4.74 Å². The standard InChI is InChI=1S/C16H25N3O.2ClH/c1-2-11-19(10-1)12-13-20-16(5-8-17-9-6-16)15-4-3-7-18-14-15;;/h3-4,7,14,17H,1-2,5-6,8-13H2;2*1H. The first-order valence-electron chi connectivity index (χ1n) is 7.87. The molecule has 1 aromatic rings. The second-order valence-electron chi connectivity index (χ2n) is 5.88. The van der Waals surface area contributed by atoms with Crippen molar-refractivity contribution in [3.05, 3.63) is 30.1 Å². The maximum absolute atomic E-state index is 6.40. The lowest BCUT2D eigenvalue weighted by Gasteiger charge is -2.38. The Hall–Kier alpha value is -0.390. The molecule has 2 aliphatic heterocycles. The molecule has 3 rings (SSSR count). The Kier molecular flexibility index (Phi) is 8.65. The second kappa shape index (κ2) is 9.68. The van der Waals surface area contributed by atoms with Crippen LogP contribution in [0.2, 0.25) is 0 Å². The molecule has 2 saturated heterocycles. The number of halogens is 2. The van der Waals surface area contributed by atoms with Crippen molar-refractivity contribution in [2.24, 2.45) is 0 Å². The van der Waals surface area contributed by atoms with Gasteiger partial charge >= 0.3 is 0 Å². The molecule has 22 heavy (non-hydrogen) atoms. The van der Waals surface area contributed by atoms with E-state index in [1.54, 1.807) is 0 Å². The van der Waals surface area contributed by atoms with Crippen LogP contribution in [-0.2, 0) is 10.3 Å². The maximum atomic E-state index is 6.40. The van der Waals surface area contributed by atoms with Gasteiger partial charge in [0.1, 0.15) is 0 Å². The molecule has 0 aliphatic carbocycles. The van der Waals surface area contributed by atoms with Crippen molar-refractivity contribution in [2.75, 3.05) is 39.3 Å². The first kappa shape index (κ1) is 19.7. The SMILES string of the molecule is Cl.Cl.c1cncc(C2(OCCN3CCCC3)CCNCC2)c1. The lowest BCUT2D eigenvalue weighted by molar-refractivity contribution is -0.0761. The van der Waals surface area contributed by atoms with E-state index < -0.39 is 0 Å². The molecular weight excluding hydrogens is 321 g/mol. The van der Waals surface area contributed by atoms with Crippen molar-refractivity contribution in [1.29, 1.82) is 0 Å². The van der Waals surface area contributed by atoms with Crippen LogP contribution in [0.1, 0.15) is 31.2 Å². The number of rotatable bonds is 5. The first-order chi connectivity index (χ1) is 9.89. The molecule has 126 valence electrons. The Morgan fingerprint density at radius 1 is 1.18 bits per heavy atom. The van der Waals surface area contributed by atoms with E-state index in [0.29, 0.717) is 0 Å². The van der Waals surface area contributed by atoms with E-state index in [-0.39, 0.29) is 30.4 Å². The molecule has 0 unspecified atom stereocenters. The van der Waals surface area contributed by atoms with Crippen LogP contribution in [0.25, 0.3) is 0 Å². The third-order valence-electron chi connectivity index (χ3n) is 4.58. The van der Waals surface area contributed by atoms with Gasteiger partial charge in [0.25, 0.3) is 0 Å². The molecule has 4 nitrogen and oxygen atoms in total. The number of ether oxygens (including phenoxy) is 1. The zero-order valence-electron chi connectivity index (χ0n) is 13.0. The maximum Gasteiger partial charge on any atom is 0.0970 e. The van der Waals surface area contributed by atoms with Crippen LogP contribution in [0.5, 0.6) is 0 Å². The summed E-state index contributed by atoms with van der Waals surface area (Å²) in [7, 11) is 0. The largest absolute Gasteiger partial charge is 0.369 e. The number of nitrogens with zero attached hydrogens (tertiary/aromatic N) is 2. The van der Waals surface area contributed by atoms with E-state index in [9.17, 15) is 0 Å². The topological polar surface area (TPSA) is 37.4 Å². The highest BCUT2D eigenvalue weighted by Crippen LogP contribution is 2.34. The molecule has 0 spiro atoms. The number of likely N-dealkylation sites (tertiary alicyclic amines) is 1. The van der Waals surface area contributed by atoms with E-state index >= 15 is 0 Å². The van der Waals surface area contributed by atoms with Crippen LogP contribution in [0, 0.1) is 0 Å². The molecule has 0 atom stereocenters. The fourth-order valence-corrected chi connectivity index (χ4v) is 3.36. The molecule has 0 saturated carbocycles. The molecule has 0 aromatic carbocycles. The zero-order valence-corrected chi connectivity index (χ0v) is 14.6. The van der Waals surface area contributed by atoms with Gasteiger partial charge in [-0.2, -0.15) is 0 Å². The molecule has 2 fully saturated rings. The highest BCUT2D eigenvalue weighted by molar-refractivity contribution is 5.85. The minimum Gasteiger partial charge on any atom is -0.369 e. The van der Waals surface area contributed by atoms with Gasteiger partial charge in [0.05, 0.1) is 12.2 Å². The van der Waals surface area contributed by atoms with Gasteiger partial charge in [0.2, 0.25) is 0 Å². The Balaban J connectivity index is 0.00000121. The second-order valence-corrected chi connectivity index (χ2v) is 5.88. The molecule has 0 bridgehead atoms. The van der Waals surface area contributed by atoms with E-state index in [2.05, 4.69) is 21.3 Å². The fourth-order valence-electron chi connectivity index (χ4n) is 3.36. The Morgan fingerprint density at radius 2 is 1.91 bits per heavy atom. The average Bonchev–Trinajstić information content (AvgIpc) is 3.02. The number of nitrogens with one attached hydrogen (secondary N) is 1. The first-order valence-corrected chi connectivity index (χ1v) is 7.87. The minimum atomic E-state index is -0.126. The summed E-state index contributed by atoms with van der Waals surface area (Å²) in [5.41, 5.74) is 1.11. The van der Waals surface area contributed by atoms with Crippen molar-refractivity contribution in [3.8, 4) is 0 Å². The lowest BCUT2D eigenvalue weighted by atomic mass is 9.85. The predicted molar refractivity (Wildman–Crippen MR) is 94.1 cm³/mol. The van der Waals surface area contributed by atoms with Gasteiger partial charge in [-0.1, -0.05) is 6.07 Å². The van der Waals surface area contributed by atoms with E-state index in [1.165, 1.54) is 31.5 Å². The number of aromatic nitrogens is 1. The molecule has 2 aliphatic rings. The van der Waals surface area contributed by atoms with Crippen LogP contribution in [-0.4, -0.2) is 49.2 Å². The molecule has 0 radical (unpaired) electrons. The molecule has 1 aromatic heterocycles. The van der Waals surface area contributed by atoms with Crippen LogP contribution in [0.4, 0.5) is 0 Å². The smallest absolute Gasteiger partial charge is 0.0970 e. The predicted octanol–water partition coefficient (Wildman–Crippen LogP) is 2.62. The Bertz CT molecular complexity index is 407. The molecule has 0 amide bonds. The zero-order chi connectivity index (χ0) is 13.7. The summed E-state index contributed by atoms with van der Waals surface area (Å²) in [6, 6.07) is 4.18. The third-order valence-corrected chi connectivity index (χ3v) is 4.58. The summed E-state index contributed by atoms with van der Waals surface area (Å²) < 4.78 is 6.40. The average molecular weight is 348 g/mol. The minimum absolute atomic E-state index is 0. The lowest BCUT2D eigenvalue weighted by Crippen LogP contribution is -2.43. The van der Waals surface area contributed by atoms with Crippen LogP contribution < -0.4 is 5.32 Å². The summed E-state index contributed by atoms with van der Waals surface area (Å²) in [5.74, 6) is 0. The van der Waals surface area contributed by atoms with Crippen molar-refractivity contribution in [2.45, 2.75) is 31.3 Å². The van der Waals surface area contributed by atoms with Crippen LogP contribution >= 0.6 is 24.8 Å². The fraction of sp³-hybridized carbons (Fsp3) is 0.688. The van der Waals surface area contributed by atoms with Gasteiger partial charge in [-0.3, -0.25) is 4.98 Å². The third kappa shape index (κ3) is 4.80. The number of hydrogen-bond acceptors (Lipinski definition) is 4. The summed E-state index contributed by atoms with van der Waals surface area (Å²) in [6.07, 6.45) is 8.58. The molecule has 3 heterocycles. The van der Waals surface area contributed by atoms with Gasteiger partial charge in [-0.05, 0) is 57.9 Å². The summed E-state index contributed by atoms with van der Waals surface area (Å²) >= 11 is 0. The van der Waals surface area contributed by atoms with Crippen molar-refractivity contribution in [3.63, 3.8) is 0 Å². The number of piperidine rings is 1. The van der Waals surface area contributed by atoms with Crippen molar-refractivity contribution >= 4 is 24.8 Å². The van der Waals surface area contributed by atoms with Crippen LogP contribution in [0.15, 0.2) is 24.5 Å². The number of hydrogen-bond donors (Lipinski definition) is 1. The molecule has 1 N–H and O–H groups in total. The van der Waals surface area contributed by atoms with Gasteiger partial charge in [0.15, 0.2) is 0 Å². The van der Waals surface area contributed by atoms with Gasteiger partial charge < -0.3 is 15.0 Å². The van der Waals surface area contributed by atoms with E-state index in [1.807, 2.05) is 18.5 Å². The molecular formula is C16H27Cl2N3O. The highest BCUT2D eigenvalue weighted by Gasteiger charge is 2.35. The van der Waals surface area contributed by atoms with Crippen LogP contribution in [0.3, 0.4) is 0 Å². The number of pyridine rings is 1. The van der Waals surface area contributed by atoms with E-state index in [0.717, 1.165) is 39.1 Å².